The van der Waals surface area contributed by atoms with Crippen molar-refractivity contribution in [2.75, 3.05) is 39.3 Å². The fourth-order valence-electron chi connectivity index (χ4n) is 4.34. The second kappa shape index (κ2) is 8.49. The Balaban J connectivity index is 1.35. The lowest BCUT2D eigenvalue weighted by Crippen LogP contribution is -2.46. The molecular weight excluding hydrogens is 413 g/mol. The lowest BCUT2D eigenvalue weighted by Gasteiger charge is -2.25. The second-order valence-electron chi connectivity index (χ2n) is 8.28. The van der Waals surface area contributed by atoms with Crippen LogP contribution in [0, 0.1) is 0 Å². The van der Waals surface area contributed by atoms with Gasteiger partial charge in [-0.2, -0.15) is 13.2 Å². The summed E-state index contributed by atoms with van der Waals surface area (Å²) in [6.07, 6.45) is -2.12. The Morgan fingerprint density at radius 1 is 1.06 bits per heavy atom. The van der Waals surface area contributed by atoms with E-state index < -0.39 is 24.7 Å². The van der Waals surface area contributed by atoms with Gasteiger partial charge in [-0.15, -0.1) is 0 Å². The van der Waals surface area contributed by atoms with Gasteiger partial charge in [-0.05, 0) is 30.9 Å². The lowest BCUT2D eigenvalue weighted by atomic mass is 10.0. The van der Waals surface area contributed by atoms with Crippen LogP contribution in [0.15, 0.2) is 24.3 Å². The van der Waals surface area contributed by atoms with Crippen molar-refractivity contribution in [3.63, 3.8) is 0 Å². The topological polar surface area (TPSA) is 73.0 Å². The van der Waals surface area contributed by atoms with E-state index in [-0.39, 0.29) is 44.0 Å². The molecule has 0 spiro atoms. The summed E-state index contributed by atoms with van der Waals surface area (Å²) >= 11 is 0. The lowest BCUT2D eigenvalue weighted by molar-refractivity contribution is -0.145. The first-order valence-electron chi connectivity index (χ1n) is 10.5. The number of amides is 3. The molecule has 1 aromatic rings. The number of nitrogens with one attached hydrogen (secondary N) is 1. The predicted molar refractivity (Wildman–Crippen MR) is 105 cm³/mol. The minimum Gasteiger partial charge on any atom is -0.345 e. The molecule has 1 saturated carbocycles. The maximum absolute atomic E-state index is 13.0. The van der Waals surface area contributed by atoms with E-state index >= 15 is 0 Å². The van der Waals surface area contributed by atoms with Gasteiger partial charge in [0.2, 0.25) is 11.8 Å². The normalized spacial score (nSPS) is 22.3. The van der Waals surface area contributed by atoms with E-state index in [0.29, 0.717) is 24.1 Å². The number of carbonyl (C=O) groups is 3. The molecule has 7 nitrogen and oxygen atoms in total. The number of alkyl halides is 3. The number of carbonyl (C=O) groups excluding carboxylic acids is 3. The maximum atomic E-state index is 13.0. The van der Waals surface area contributed by atoms with Crippen molar-refractivity contribution in [1.29, 1.82) is 0 Å². The van der Waals surface area contributed by atoms with Crippen molar-refractivity contribution in [3.8, 4) is 0 Å². The molecule has 2 heterocycles. The average Bonchev–Trinajstić information content (AvgIpc) is 3.53. The van der Waals surface area contributed by atoms with Gasteiger partial charge in [0, 0.05) is 37.8 Å². The van der Waals surface area contributed by atoms with Gasteiger partial charge in [0.1, 0.15) is 6.04 Å². The fourth-order valence-corrected chi connectivity index (χ4v) is 4.34. The highest BCUT2D eigenvalue weighted by Crippen LogP contribution is 2.41. The zero-order valence-corrected chi connectivity index (χ0v) is 17.0. The zero-order chi connectivity index (χ0) is 22.2. The maximum Gasteiger partial charge on any atom is 0.401 e. The van der Waals surface area contributed by atoms with E-state index in [4.69, 9.17) is 0 Å². The van der Waals surface area contributed by atoms with Crippen molar-refractivity contribution in [1.82, 2.24) is 20.0 Å². The Labute approximate surface area is 178 Å². The zero-order valence-electron chi connectivity index (χ0n) is 17.0. The van der Waals surface area contributed by atoms with E-state index in [0.717, 1.165) is 12.8 Å². The smallest absolute Gasteiger partial charge is 0.345 e. The van der Waals surface area contributed by atoms with Crippen LogP contribution in [0.25, 0.3) is 0 Å². The molecule has 1 aromatic carbocycles. The first-order chi connectivity index (χ1) is 14.7. The monoisotopic (exact) mass is 438 g/mol. The number of benzene rings is 1. The molecule has 31 heavy (non-hydrogen) atoms. The number of hydrogen-bond acceptors (Lipinski definition) is 4. The third-order valence-corrected chi connectivity index (χ3v) is 5.95. The van der Waals surface area contributed by atoms with E-state index in [2.05, 4.69) is 5.32 Å². The summed E-state index contributed by atoms with van der Waals surface area (Å²) in [4.78, 5) is 42.7. The summed E-state index contributed by atoms with van der Waals surface area (Å²) in [6, 6.07) is 6.28. The Hall–Kier alpha value is -2.62. The van der Waals surface area contributed by atoms with E-state index in [1.165, 1.54) is 9.80 Å². The number of fused-ring (bicyclic) bond motifs is 1. The number of nitrogens with zero attached hydrogens (tertiary/aromatic N) is 3. The first-order valence-corrected chi connectivity index (χ1v) is 10.5. The molecule has 1 unspecified atom stereocenters. The van der Waals surface area contributed by atoms with Crippen molar-refractivity contribution >= 4 is 17.7 Å². The van der Waals surface area contributed by atoms with Crippen molar-refractivity contribution in [2.24, 2.45) is 0 Å². The summed E-state index contributed by atoms with van der Waals surface area (Å²) in [5, 5.41) is 2.65. The van der Waals surface area contributed by atoms with E-state index in [1.54, 1.807) is 29.2 Å². The Morgan fingerprint density at radius 2 is 1.81 bits per heavy atom. The van der Waals surface area contributed by atoms with Gasteiger partial charge in [0.25, 0.3) is 5.91 Å². The highest BCUT2D eigenvalue weighted by Gasteiger charge is 2.47. The molecular formula is C21H25F3N4O3. The Morgan fingerprint density at radius 3 is 2.52 bits per heavy atom. The predicted octanol–water partition coefficient (Wildman–Crippen LogP) is 1.56. The van der Waals surface area contributed by atoms with Gasteiger partial charge in [0.05, 0.1) is 13.1 Å². The van der Waals surface area contributed by atoms with Crippen molar-refractivity contribution in [3.05, 3.63) is 35.4 Å². The fraction of sp³-hybridized carbons (Fsp3) is 0.571. The second-order valence-corrected chi connectivity index (χ2v) is 8.28. The average molecular weight is 438 g/mol. The summed E-state index contributed by atoms with van der Waals surface area (Å²) < 4.78 is 37.8. The van der Waals surface area contributed by atoms with E-state index in [9.17, 15) is 27.6 Å². The molecule has 1 N–H and O–H groups in total. The molecule has 0 aromatic heterocycles. The number of hydrogen-bond donors (Lipinski definition) is 1. The van der Waals surface area contributed by atoms with Gasteiger partial charge < -0.3 is 15.1 Å². The van der Waals surface area contributed by atoms with Crippen molar-refractivity contribution < 1.29 is 27.6 Å². The minimum absolute atomic E-state index is 0.0385. The van der Waals surface area contributed by atoms with Gasteiger partial charge in [-0.1, -0.05) is 18.2 Å². The molecule has 0 bridgehead atoms. The van der Waals surface area contributed by atoms with Gasteiger partial charge >= 0.3 is 6.18 Å². The molecule has 3 amide bonds. The van der Waals surface area contributed by atoms with Crippen LogP contribution in [0.4, 0.5) is 13.2 Å². The van der Waals surface area contributed by atoms with Crippen LogP contribution in [-0.2, 0) is 9.59 Å². The third kappa shape index (κ3) is 4.84. The van der Waals surface area contributed by atoms with Crippen LogP contribution in [0.2, 0.25) is 0 Å². The van der Waals surface area contributed by atoms with Crippen LogP contribution in [0.1, 0.15) is 41.2 Å². The van der Waals surface area contributed by atoms with Gasteiger partial charge in [-0.25, -0.2) is 0 Å². The first kappa shape index (κ1) is 21.6. The Bertz CT molecular complexity index is 872. The van der Waals surface area contributed by atoms with Crippen LogP contribution in [0.3, 0.4) is 0 Å². The Kier molecular flexibility index (Phi) is 5.92. The molecule has 10 heteroatoms. The van der Waals surface area contributed by atoms with Crippen LogP contribution < -0.4 is 5.32 Å². The number of halogens is 3. The largest absolute Gasteiger partial charge is 0.401 e. The molecule has 1 aliphatic carbocycles. The van der Waals surface area contributed by atoms with Crippen LogP contribution in [-0.4, -0.2) is 83.9 Å². The summed E-state index contributed by atoms with van der Waals surface area (Å²) in [5.74, 6) is -0.910. The SMILES string of the molecule is O=C(NCC(=O)N1CCCN(CC(F)(F)F)CC1)C1c2ccccc2C(=O)N1C1CC1. The molecule has 4 rings (SSSR count). The summed E-state index contributed by atoms with van der Waals surface area (Å²) in [6.45, 7) is -0.292. The van der Waals surface area contributed by atoms with Gasteiger partial charge in [0.15, 0.2) is 0 Å². The number of rotatable bonds is 5. The highest BCUT2D eigenvalue weighted by molar-refractivity contribution is 6.05. The minimum atomic E-state index is -4.27. The van der Waals surface area contributed by atoms with Crippen LogP contribution in [0.5, 0.6) is 0 Å². The molecule has 2 aliphatic heterocycles. The molecule has 1 saturated heterocycles. The molecule has 0 radical (unpaired) electrons. The molecule has 2 fully saturated rings. The standard InChI is InChI=1S/C21H25F3N4O3/c22-21(23,24)13-26-8-3-9-27(11-10-26)17(29)12-25-19(30)18-15-4-1-2-5-16(15)20(31)28(18)14-6-7-14/h1-2,4-5,14,18H,3,6-13H2,(H,25,30). The molecule has 1 atom stereocenters. The quantitative estimate of drug-likeness (QED) is 0.758. The summed E-state index contributed by atoms with van der Waals surface area (Å²) in [7, 11) is 0. The third-order valence-electron chi connectivity index (χ3n) is 5.95. The molecule has 3 aliphatic rings. The highest BCUT2D eigenvalue weighted by atomic mass is 19.4. The van der Waals surface area contributed by atoms with Gasteiger partial charge in [-0.3, -0.25) is 19.3 Å². The molecule has 168 valence electrons. The van der Waals surface area contributed by atoms with E-state index in [1.807, 2.05) is 0 Å². The summed E-state index contributed by atoms with van der Waals surface area (Å²) in [5.41, 5.74) is 1.15. The van der Waals surface area contributed by atoms with Crippen LogP contribution >= 0.6 is 0 Å². The van der Waals surface area contributed by atoms with Crippen molar-refractivity contribution in [2.45, 2.75) is 37.5 Å².